The van der Waals surface area contributed by atoms with Crippen LogP contribution in [0.15, 0.2) is 53.0 Å². The normalized spacial score (nSPS) is 12.7. The standard InChI is InChI=1S/C24H32BrN3O4S/c1-17(23(30)26-5)27(15-18-8-7-9-20(25)14-18)22(29)16-28(33(6,31)32)21-12-10-19(11-13-21)24(2,3)4/h7-14,17H,15-16H2,1-6H3,(H,26,30). The summed E-state index contributed by atoms with van der Waals surface area (Å²) in [7, 11) is -2.25. The SMILES string of the molecule is CNC(=O)C(C)N(Cc1cccc(Br)c1)C(=O)CN(c1ccc(C(C)(C)C)cc1)S(C)(=O)=O. The fourth-order valence-electron chi connectivity index (χ4n) is 3.36. The van der Waals surface area contributed by atoms with E-state index in [4.69, 9.17) is 0 Å². The van der Waals surface area contributed by atoms with Gasteiger partial charge in [-0.05, 0) is 47.7 Å². The Labute approximate surface area is 205 Å². The molecule has 0 aliphatic rings. The predicted octanol–water partition coefficient (Wildman–Crippen LogP) is 3.68. The number of carbonyl (C=O) groups excluding carboxylic acids is 2. The van der Waals surface area contributed by atoms with Crippen LogP contribution in [0.2, 0.25) is 0 Å². The van der Waals surface area contributed by atoms with Crippen molar-refractivity contribution in [3.05, 3.63) is 64.1 Å². The zero-order valence-electron chi connectivity index (χ0n) is 19.9. The molecule has 0 aliphatic carbocycles. The smallest absolute Gasteiger partial charge is 0.244 e. The third-order valence-electron chi connectivity index (χ3n) is 5.36. The molecule has 1 unspecified atom stereocenters. The summed E-state index contributed by atoms with van der Waals surface area (Å²) in [6.07, 6.45) is 1.07. The summed E-state index contributed by atoms with van der Waals surface area (Å²) in [5.74, 6) is -0.810. The van der Waals surface area contributed by atoms with Crippen LogP contribution in [-0.4, -0.2) is 51.0 Å². The lowest BCUT2D eigenvalue weighted by Crippen LogP contribution is -2.50. The van der Waals surface area contributed by atoms with Gasteiger partial charge in [0.15, 0.2) is 0 Å². The maximum atomic E-state index is 13.4. The maximum absolute atomic E-state index is 13.4. The largest absolute Gasteiger partial charge is 0.357 e. The summed E-state index contributed by atoms with van der Waals surface area (Å²) in [4.78, 5) is 27.1. The van der Waals surface area contributed by atoms with Crippen molar-refractivity contribution < 1.29 is 18.0 Å². The van der Waals surface area contributed by atoms with Crippen molar-refractivity contribution in [2.45, 2.75) is 45.7 Å². The van der Waals surface area contributed by atoms with E-state index in [1.807, 2.05) is 36.4 Å². The van der Waals surface area contributed by atoms with Crippen molar-refractivity contribution in [3.8, 4) is 0 Å². The van der Waals surface area contributed by atoms with E-state index in [1.165, 1.54) is 11.9 Å². The molecular formula is C24H32BrN3O4S. The molecule has 9 heteroatoms. The molecule has 0 radical (unpaired) electrons. The second kappa shape index (κ2) is 10.7. The minimum atomic E-state index is -3.75. The third kappa shape index (κ3) is 7.30. The van der Waals surface area contributed by atoms with E-state index in [1.54, 1.807) is 19.1 Å². The molecule has 33 heavy (non-hydrogen) atoms. The second-order valence-corrected chi connectivity index (χ2v) is 11.8. The van der Waals surface area contributed by atoms with Crippen LogP contribution in [0.4, 0.5) is 5.69 Å². The number of nitrogens with zero attached hydrogens (tertiary/aromatic N) is 2. The highest BCUT2D eigenvalue weighted by atomic mass is 79.9. The number of anilines is 1. The van der Waals surface area contributed by atoms with Gasteiger partial charge >= 0.3 is 0 Å². The summed E-state index contributed by atoms with van der Waals surface area (Å²) >= 11 is 3.42. The minimum absolute atomic E-state index is 0.0893. The number of carbonyl (C=O) groups is 2. The Balaban J connectivity index is 2.39. The first kappa shape index (κ1) is 26.9. The summed E-state index contributed by atoms with van der Waals surface area (Å²) in [6.45, 7) is 7.58. The zero-order valence-corrected chi connectivity index (χ0v) is 22.3. The topological polar surface area (TPSA) is 86.8 Å². The second-order valence-electron chi connectivity index (χ2n) is 9.01. The highest BCUT2D eigenvalue weighted by Gasteiger charge is 2.30. The number of sulfonamides is 1. The molecule has 0 fully saturated rings. The van der Waals surface area contributed by atoms with Crippen molar-refractivity contribution in [2.75, 3.05) is 24.2 Å². The van der Waals surface area contributed by atoms with Gasteiger partial charge in [0, 0.05) is 18.1 Å². The van der Waals surface area contributed by atoms with Crippen molar-refractivity contribution >= 4 is 43.5 Å². The van der Waals surface area contributed by atoms with Crippen LogP contribution in [0.1, 0.15) is 38.8 Å². The minimum Gasteiger partial charge on any atom is -0.357 e. The fraction of sp³-hybridized carbons (Fsp3) is 0.417. The molecule has 1 N–H and O–H groups in total. The molecule has 0 aliphatic heterocycles. The monoisotopic (exact) mass is 537 g/mol. The Bertz CT molecular complexity index is 1100. The third-order valence-corrected chi connectivity index (χ3v) is 6.99. The van der Waals surface area contributed by atoms with Gasteiger partial charge in [-0.25, -0.2) is 8.42 Å². The van der Waals surface area contributed by atoms with Crippen molar-refractivity contribution in [2.24, 2.45) is 0 Å². The molecule has 2 aromatic rings. The number of amides is 2. The van der Waals surface area contributed by atoms with Gasteiger partial charge in [0.05, 0.1) is 11.9 Å². The number of hydrogen-bond acceptors (Lipinski definition) is 4. The molecular weight excluding hydrogens is 506 g/mol. The van der Waals surface area contributed by atoms with Gasteiger partial charge in [-0.2, -0.15) is 0 Å². The van der Waals surface area contributed by atoms with Crippen LogP contribution in [0.25, 0.3) is 0 Å². The maximum Gasteiger partial charge on any atom is 0.244 e. The van der Waals surface area contributed by atoms with E-state index in [9.17, 15) is 18.0 Å². The van der Waals surface area contributed by atoms with E-state index in [2.05, 4.69) is 42.0 Å². The molecule has 2 aromatic carbocycles. The number of halogens is 1. The van der Waals surface area contributed by atoms with Gasteiger partial charge in [-0.1, -0.05) is 61.0 Å². The fourth-order valence-corrected chi connectivity index (χ4v) is 4.66. The summed E-state index contributed by atoms with van der Waals surface area (Å²) in [5.41, 5.74) is 2.17. The van der Waals surface area contributed by atoms with E-state index in [-0.39, 0.29) is 17.9 Å². The van der Waals surface area contributed by atoms with Gasteiger partial charge in [0.25, 0.3) is 0 Å². The van der Waals surface area contributed by atoms with Gasteiger partial charge in [-0.15, -0.1) is 0 Å². The summed E-state index contributed by atoms with van der Waals surface area (Å²) in [6, 6.07) is 13.8. The van der Waals surface area contributed by atoms with Gasteiger partial charge in [0.1, 0.15) is 12.6 Å². The molecule has 180 valence electrons. The first-order valence-corrected chi connectivity index (χ1v) is 13.2. The molecule has 0 bridgehead atoms. The molecule has 7 nitrogen and oxygen atoms in total. The van der Waals surface area contributed by atoms with Crippen LogP contribution in [0.3, 0.4) is 0 Å². The Morgan fingerprint density at radius 1 is 1.09 bits per heavy atom. The van der Waals surface area contributed by atoms with E-state index in [0.29, 0.717) is 5.69 Å². The number of nitrogens with one attached hydrogen (secondary N) is 1. The van der Waals surface area contributed by atoms with E-state index < -0.39 is 28.5 Å². The van der Waals surface area contributed by atoms with Crippen molar-refractivity contribution in [1.29, 1.82) is 0 Å². The molecule has 2 rings (SSSR count). The lowest BCUT2D eigenvalue weighted by Gasteiger charge is -2.31. The van der Waals surface area contributed by atoms with E-state index >= 15 is 0 Å². The highest BCUT2D eigenvalue weighted by molar-refractivity contribution is 9.10. The number of benzene rings is 2. The Hall–Kier alpha value is -2.39. The highest BCUT2D eigenvalue weighted by Crippen LogP contribution is 2.26. The molecule has 0 saturated heterocycles. The van der Waals surface area contributed by atoms with E-state index in [0.717, 1.165) is 26.2 Å². The Morgan fingerprint density at radius 2 is 1.70 bits per heavy atom. The predicted molar refractivity (Wildman–Crippen MR) is 136 cm³/mol. The lowest BCUT2D eigenvalue weighted by atomic mass is 9.87. The van der Waals surface area contributed by atoms with Crippen molar-refractivity contribution in [1.82, 2.24) is 10.2 Å². The average Bonchev–Trinajstić information content (AvgIpc) is 2.73. The van der Waals surface area contributed by atoms with Crippen LogP contribution < -0.4 is 9.62 Å². The quantitative estimate of drug-likeness (QED) is 0.556. The van der Waals surface area contributed by atoms with Crippen LogP contribution >= 0.6 is 15.9 Å². The molecule has 0 heterocycles. The Kier molecular flexibility index (Phi) is 8.70. The van der Waals surface area contributed by atoms with Crippen molar-refractivity contribution in [3.63, 3.8) is 0 Å². The molecule has 0 aromatic heterocycles. The van der Waals surface area contributed by atoms with Crippen LogP contribution in [-0.2, 0) is 31.6 Å². The lowest BCUT2D eigenvalue weighted by molar-refractivity contribution is -0.139. The van der Waals surface area contributed by atoms with Crippen LogP contribution in [0, 0.1) is 0 Å². The molecule has 0 spiro atoms. The number of hydrogen-bond donors (Lipinski definition) is 1. The zero-order chi connectivity index (χ0) is 25.0. The number of likely N-dealkylation sites (N-methyl/N-ethyl adjacent to an activating group) is 1. The van der Waals surface area contributed by atoms with Gasteiger partial charge < -0.3 is 10.2 Å². The summed E-state index contributed by atoms with van der Waals surface area (Å²) in [5, 5.41) is 2.56. The summed E-state index contributed by atoms with van der Waals surface area (Å²) < 4.78 is 27.1. The first-order valence-electron chi connectivity index (χ1n) is 10.6. The van der Waals surface area contributed by atoms with Gasteiger partial charge in [0.2, 0.25) is 21.8 Å². The average molecular weight is 539 g/mol. The Morgan fingerprint density at radius 3 is 2.18 bits per heavy atom. The first-order chi connectivity index (χ1) is 15.2. The molecule has 2 amide bonds. The molecule has 0 saturated carbocycles. The number of rotatable bonds is 8. The van der Waals surface area contributed by atoms with Gasteiger partial charge in [-0.3, -0.25) is 13.9 Å². The van der Waals surface area contributed by atoms with Crippen LogP contribution in [0.5, 0.6) is 0 Å². The molecule has 1 atom stereocenters.